The van der Waals surface area contributed by atoms with Crippen LogP contribution in [0.3, 0.4) is 0 Å². The lowest BCUT2D eigenvalue weighted by Crippen LogP contribution is -2.62. The van der Waals surface area contributed by atoms with Crippen LogP contribution in [-0.2, 0) is 24.0 Å². The third-order valence-corrected chi connectivity index (χ3v) is 9.48. The second-order valence-corrected chi connectivity index (χ2v) is 14.6. The summed E-state index contributed by atoms with van der Waals surface area (Å²) < 4.78 is 0. The molecule has 0 spiro atoms. The molecule has 1 heterocycles. The van der Waals surface area contributed by atoms with Crippen molar-refractivity contribution in [1.29, 1.82) is 0 Å². The van der Waals surface area contributed by atoms with Crippen LogP contribution >= 0.6 is 0 Å². The first kappa shape index (κ1) is 33.3. The van der Waals surface area contributed by atoms with Gasteiger partial charge in [0.15, 0.2) is 0 Å². The summed E-state index contributed by atoms with van der Waals surface area (Å²) in [6.07, 6.45) is 3.21. The summed E-state index contributed by atoms with van der Waals surface area (Å²) in [6.45, 7) is 13.5. The molecular formula is C30H50N6O6. The number of carbonyl (C=O) groups is 6. The van der Waals surface area contributed by atoms with E-state index in [-0.39, 0.29) is 35.0 Å². The summed E-state index contributed by atoms with van der Waals surface area (Å²) in [6, 6.07) is -4.35. The van der Waals surface area contributed by atoms with E-state index in [1.807, 2.05) is 48.5 Å². The molecule has 0 aromatic heterocycles. The average Bonchev–Trinajstić information content (AvgIpc) is 3.17. The summed E-state index contributed by atoms with van der Waals surface area (Å²) in [4.78, 5) is 81.1. The minimum atomic E-state index is -1.10. The van der Waals surface area contributed by atoms with Crippen molar-refractivity contribution >= 4 is 35.4 Å². The summed E-state index contributed by atoms with van der Waals surface area (Å²) in [7, 11) is 3.22. The maximum Gasteiger partial charge on any atom is 0.316 e. The number of likely N-dealkylation sites (N-methyl/N-ethyl adjacent to an activating group) is 1. The molecule has 2 aliphatic carbocycles. The number of Topliss-reactive ketones (excluding diaryl/α,β-unsaturated/α-hetero) is 1. The Hall–Kier alpha value is -3.18. The van der Waals surface area contributed by atoms with E-state index in [0.29, 0.717) is 13.0 Å². The van der Waals surface area contributed by atoms with Gasteiger partial charge in [0.1, 0.15) is 18.1 Å². The highest BCUT2D eigenvalue weighted by Gasteiger charge is 2.70. The number of rotatable bonds is 11. The highest BCUT2D eigenvalue weighted by molar-refractivity contribution is 6.37. The molecular weight excluding hydrogens is 540 g/mol. The fraction of sp³-hybridized carbons (Fsp3) is 0.800. The summed E-state index contributed by atoms with van der Waals surface area (Å²) in [5, 5.41) is 8.27. The molecule has 12 heteroatoms. The Morgan fingerprint density at radius 3 is 2.05 bits per heavy atom. The largest absolute Gasteiger partial charge is 0.363 e. The highest BCUT2D eigenvalue weighted by atomic mass is 16.2. The Morgan fingerprint density at radius 1 is 1.00 bits per heavy atom. The molecule has 2 saturated carbocycles. The number of carbonyl (C=O) groups excluding carboxylic acids is 6. The number of piperidine rings is 1. The number of nitrogens with zero attached hydrogens (tertiary/aromatic N) is 2. The monoisotopic (exact) mass is 590 g/mol. The molecule has 3 rings (SSSR count). The number of ketones is 1. The Kier molecular flexibility index (Phi) is 9.68. The van der Waals surface area contributed by atoms with Crippen molar-refractivity contribution in [3.8, 4) is 0 Å². The van der Waals surface area contributed by atoms with Gasteiger partial charge in [0.05, 0.1) is 6.04 Å². The minimum Gasteiger partial charge on any atom is -0.363 e. The Balaban J connectivity index is 1.83. The molecule has 1 unspecified atom stereocenters. The van der Waals surface area contributed by atoms with Crippen LogP contribution in [0.5, 0.6) is 0 Å². The first-order valence-corrected chi connectivity index (χ1v) is 15.0. The zero-order valence-corrected chi connectivity index (χ0v) is 26.6. The summed E-state index contributed by atoms with van der Waals surface area (Å²) >= 11 is 0. The molecule has 1 aliphatic heterocycles. The second-order valence-electron chi connectivity index (χ2n) is 14.6. The van der Waals surface area contributed by atoms with Crippen molar-refractivity contribution in [1.82, 2.24) is 25.8 Å². The van der Waals surface area contributed by atoms with Crippen molar-refractivity contribution in [3.63, 3.8) is 0 Å². The molecule has 236 valence electrons. The number of likely N-dealkylation sites (tertiary alicyclic amines) is 1. The van der Waals surface area contributed by atoms with Crippen LogP contribution in [-0.4, -0.2) is 90.1 Å². The van der Waals surface area contributed by atoms with Crippen molar-refractivity contribution < 1.29 is 28.8 Å². The van der Waals surface area contributed by atoms with E-state index >= 15 is 0 Å². The van der Waals surface area contributed by atoms with Gasteiger partial charge in [-0.15, -0.1) is 0 Å². The Bertz CT molecular complexity index is 1110. The van der Waals surface area contributed by atoms with Crippen molar-refractivity contribution in [2.24, 2.45) is 40.2 Å². The Morgan fingerprint density at radius 2 is 1.60 bits per heavy atom. The molecule has 0 bridgehead atoms. The van der Waals surface area contributed by atoms with Crippen LogP contribution in [0, 0.1) is 34.5 Å². The number of primary amides is 1. The SMILES string of the molecule is CC(C)[C@H](NC(=O)N[C@H](C(=O)N1C[C@H]2[C@@H]([C@H]1C(=O)NC(CC1CCC1)C(=O)C(N)=O)C2(C)C)C(C)(C)C)C(=O)N(C)C. The number of fused-ring (bicyclic) bond motifs is 1. The lowest BCUT2D eigenvalue weighted by Gasteiger charge is -2.38. The standard InChI is InChI=1S/C30H50N6O6/c1-15(2)20(26(40)35(8)9)33-28(42)34-23(29(3,4)5)27(41)36-14-17-19(30(17,6)7)21(36)25(39)32-18(22(37)24(31)38)13-16-11-10-12-16/h15-21,23H,10-14H2,1-9H3,(H2,31,38)(H,32,39)(H2,33,34,42)/t17-,18?,19-,20-,21-,23+/m0/s1. The first-order chi connectivity index (χ1) is 19.3. The maximum absolute atomic E-state index is 14.1. The highest BCUT2D eigenvalue weighted by Crippen LogP contribution is 2.65. The second kappa shape index (κ2) is 12.2. The molecule has 6 amide bonds. The minimum absolute atomic E-state index is 0.0756. The van der Waals surface area contributed by atoms with Gasteiger partial charge in [0.2, 0.25) is 23.5 Å². The third-order valence-electron chi connectivity index (χ3n) is 9.48. The molecule has 3 fully saturated rings. The Labute approximate surface area is 249 Å². The number of amides is 6. The fourth-order valence-electron chi connectivity index (χ4n) is 6.46. The van der Waals surface area contributed by atoms with Crippen molar-refractivity contribution in [2.45, 2.75) is 98.3 Å². The predicted molar refractivity (Wildman–Crippen MR) is 157 cm³/mol. The average molecular weight is 591 g/mol. The maximum atomic E-state index is 14.1. The van der Waals surface area contributed by atoms with E-state index in [0.717, 1.165) is 19.3 Å². The van der Waals surface area contributed by atoms with Gasteiger partial charge in [-0.2, -0.15) is 0 Å². The zero-order chi connectivity index (χ0) is 31.9. The van der Waals surface area contributed by atoms with Gasteiger partial charge >= 0.3 is 6.03 Å². The first-order valence-electron chi connectivity index (χ1n) is 15.0. The molecule has 12 nitrogen and oxygen atoms in total. The number of urea groups is 1. The van der Waals surface area contributed by atoms with Crippen LogP contribution in [0.2, 0.25) is 0 Å². The van der Waals surface area contributed by atoms with Crippen LogP contribution in [0.25, 0.3) is 0 Å². The molecule has 3 aliphatic rings. The predicted octanol–water partition coefficient (Wildman–Crippen LogP) is 1.03. The number of hydrogen-bond acceptors (Lipinski definition) is 6. The van der Waals surface area contributed by atoms with Crippen molar-refractivity contribution in [2.75, 3.05) is 20.6 Å². The molecule has 1 saturated heterocycles. The topological polar surface area (TPSA) is 171 Å². The van der Waals surface area contributed by atoms with Crippen LogP contribution in [0.1, 0.15) is 74.1 Å². The smallest absolute Gasteiger partial charge is 0.316 e. The van der Waals surface area contributed by atoms with E-state index in [4.69, 9.17) is 5.73 Å². The van der Waals surface area contributed by atoms with E-state index < -0.39 is 59.1 Å². The molecule has 0 aromatic rings. The van der Waals surface area contributed by atoms with Crippen LogP contribution < -0.4 is 21.7 Å². The van der Waals surface area contributed by atoms with Gasteiger partial charge in [0, 0.05) is 20.6 Å². The van der Waals surface area contributed by atoms with Crippen LogP contribution in [0.4, 0.5) is 4.79 Å². The van der Waals surface area contributed by atoms with E-state index in [2.05, 4.69) is 16.0 Å². The number of nitrogens with two attached hydrogens (primary N) is 1. The molecule has 0 aromatic carbocycles. The van der Waals surface area contributed by atoms with Gasteiger partial charge < -0.3 is 31.5 Å². The van der Waals surface area contributed by atoms with Gasteiger partial charge in [0.25, 0.3) is 5.91 Å². The van der Waals surface area contributed by atoms with Gasteiger partial charge in [-0.3, -0.25) is 24.0 Å². The number of hydrogen-bond donors (Lipinski definition) is 4. The summed E-state index contributed by atoms with van der Waals surface area (Å²) in [5.41, 5.74) is 4.39. The molecule has 0 radical (unpaired) electrons. The molecule has 42 heavy (non-hydrogen) atoms. The third kappa shape index (κ3) is 6.89. The lowest BCUT2D eigenvalue weighted by atomic mass is 9.80. The molecule has 5 N–H and O–H groups in total. The summed E-state index contributed by atoms with van der Waals surface area (Å²) in [5.74, 6) is -3.13. The van der Waals surface area contributed by atoms with Gasteiger partial charge in [-0.1, -0.05) is 67.7 Å². The quantitative estimate of drug-likeness (QED) is 0.262. The van der Waals surface area contributed by atoms with E-state index in [1.54, 1.807) is 14.1 Å². The van der Waals surface area contributed by atoms with Crippen LogP contribution in [0.15, 0.2) is 0 Å². The lowest BCUT2D eigenvalue weighted by molar-refractivity contribution is -0.145. The number of nitrogens with one attached hydrogen (secondary N) is 3. The van der Waals surface area contributed by atoms with Crippen molar-refractivity contribution in [3.05, 3.63) is 0 Å². The van der Waals surface area contributed by atoms with E-state index in [9.17, 15) is 28.8 Å². The molecule has 6 atom stereocenters. The zero-order valence-electron chi connectivity index (χ0n) is 26.6. The van der Waals surface area contributed by atoms with Gasteiger partial charge in [-0.05, 0) is 40.9 Å². The fourth-order valence-corrected chi connectivity index (χ4v) is 6.46. The van der Waals surface area contributed by atoms with Gasteiger partial charge in [-0.25, -0.2) is 4.79 Å². The van der Waals surface area contributed by atoms with E-state index in [1.165, 1.54) is 9.80 Å². The normalized spacial score (nSPS) is 24.9.